The summed E-state index contributed by atoms with van der Waals surface area (Å²) >= 11 is 0. The average Bonchev–Trinajstić information content (AvgIpc) is 2.48. The summed E-state index contributed by atoms with van der Waals surface area (Å²) in [6.07, 6.45) is 7.60. The molecule has 1 rings (SSSR count). The molecule has 1 aliphatic rings. The summed E-state index contributed by atoms with van der Waals surface area (Å²) in [5.41, 5.74) is 6.40. The maximum absolute atomic E-state index is 6.17. The van der Waals surface area contributed by atoms with Crippen molar-refractivity contribution in [1.82, 2.24) is 9.80 Å². The van der Waals surface area contributed by atoms with Gasteiger partial charge in [0.2, 0.25) is 0 Å². The van der Waals surface area contributed by atoms with Crippen LogP contribution >= 0.6 is 0 Å². The van der Waals surface area contributed by atoms with Gasteiger partial charge in [-0.2, -0.15) is 0 Å². The first-order valence-electron chi connectivity index (χ1n) is 8.28. The van der Waals surface area contributed by atoms with Gasteiger partial charge in [-0.1, -0.05) is 33.6 Å². The predicted molar refractivity (Wildman–Crippen MR) is 84.5 cm³/mol. The number of hydrogen-bond donors (Lipinski definition) is 1. The molecule has 2 N–H and O–H groups in total. The Morgan fingerprint density at radius 3 is 2.26 bits per heavy atom. The summed E-state index contributed by atoms with van der Waals surface area (Å²) in [7, 11) is 2.32. The zero-order valence-corrected chi connectivity index (χ0v) is 13.6. The lowest BCUT2D eigenvalue weighted by atomic mass is 9.85. The van der Waals surface area contributed by atoms with E-state index in [9.17, 15) is 0 Å². The lowest BCUT2D eigenvalue weighted by Crippen LogP contribution is -2.57. The van der Waals surface area contributed by atoms with Crippen LogP contribution in [0.3, 0.4) is 0 Å². The molecule has 0 aromatic rings. The average molecular weight is 269 g/mol. The second-order valence-electron chi connectivity index (χ2n) is 6.16. The van der Waals surface area contributed by atoms with Gasteiger partial charge in [-0.3, -0.25) is 4.90 Å². The van der Waals surface area contributed by atoms with Gasteiger partial charge in [0.1, 0.15) is 0 Å². The third kappa shape index (κ3) is 4.17. The van der Waals surface area contributed by atoms with Crippen LogP contribution in [0.25, 0.3) is 0 Å². The van der Waals surface area contributed by atoms with Gasteiger partial charge in [0.25, 0.3) is 0 Å². The summed E-state index contributed by atoms with van der Waals surface area (Å²) in [6.45, 7) is 11.3. The third-order valence-corrected chi connectivity index (χ3v) is 5.33. The van der Waals surface area contributed by atoms with Crippen LogP contribution in [-0.2, 0) is 0 Å². The summed E-state index contributed by atoms with van der Waals surface area (Å²) in [5, 5.41) is 0. The molecule has 1 atom stereocenters. The van der Waals surface area contributed by atoms with Gasteiger partial charge in [0.05, 0.1) is 0 Å². The Balaban J connectivity index is 2.63. The first kappa shape index (κ1) is 16.9. The number of hydrogen-bond acceptors (Lipinski definition) is 3. The van der Waals surface area contributed by atoms with Gasteiger partial charge in [0.15, 0.2) is 0 Å². The van der Waals surface area contributed by atoms with Crippen molar-refractivity contribution >= 4 is 0 Å². The van der Waals surface area contributed by atoms with E-state index < -0.39 is 0 Å². The maximum atomic E-state index is 6.17. The van der Waals surface area contributed by atoms with Crippen LogP contribution < -0.4 is 5.73 Å². The minimum absolute atomic E-state index is 0.231. The minimum atomic E-state index is 0.231. The van der Waals surface area contributed by atoms with Gasteiger partial charge >= 0.3 is 0 Å². The van der Waals surface area contributed by atoms with E-state index in [0.29, 0.717) is 0 Å². The Labute approximate surface area is 120 Å². The van der Waals surface area contributed by atoms with E-state index in [2.05, 4.69) is 37.6 Å². The molecular formula is C16H35N3. The van der Waals surface area contributed by atoms with Crippen LogP contribution in [0.1, 0.15) is 59.3 Å². The molecule has 114 valence electrons. The Kier molecular flexibility index (Phi) is 7.33. The molecule has 1 unspecified atom stereocenters. The molecule has 0 amide bonds. The van der Waals surface area contributed by atoms with Crippen LogP contribution in [0, 0.1) is 0 Å². The SMILES string of the molecule is CCCCC(CC)(CN)N(C)C1CCN(CC)CC1. The number of likely N-dealkylation sites (tertiary alicyclic amines) is 1. The van der Waals surface area contributed by atoms with E-state index in [-0.39, 0.29) is 5.54 Å². The lowest BCUT2D eigenvalue weighted by Gasteiger charge is -2.47. The zero-order chi connectivity index (χ0) is 14.3. The quantitative estimate of drug-likeness (QED) is 0.735. The van der Waals surface area contributed by atoms with E-state index in [1.165, 1.54) is 58.2 Å². The van der Waals surface area contributed by atoms with Crippen LogP contribution in [0.2, 0.25) is 0 Å². The highest BCUT2D eigenvalue weighted by Gasteiger charge is 2.35. The van der Waals surface area contributed by atoms with Gasteiger partial charge in [0, 0.05) is 18.1 Å². The molecule has 19 heavy (non-hydrogen) atoms. The fourth-order valence-electron chi connectivity index (χ4n) is 3.51. The highest BCUT2D eigenvalue weighted by Crippen LogP contribution is 2.29. The molecular weight excluding hydrogens is 234 g/mol. The molecule has 1 saturated heterocycles. The van der Waals surface area contributed by atoms with E-state index in [1.807, 2.05) is 0 Å². The van der Waals surface area contributed by atoms with Gasteiger partial charge in [-0.05, 0) is 52.4 Å². The van der Waals surface area contributed by atoms with Crippen molar-refractivity contribution in [1.29, 1.82) is 0 Å². The number of nitrogens with zero attached hydrogens (tertiary/aromatic N) is 2. The molecule has 0 aromatic heterocycles. The van der Waals surface area contributed by atoms with Gasteiger partial charge < -0.3 is 10.6 Å². The minimum Gasteiger partial charge on any atom is -0.329 e. The fraction of sp³-hybridized carbons (Fsp3) is 1.00. The predicted octanol–water partition coefficient (Wildman–Crippen LogP) is 2.70. The Morgan fingerprint density at radius 2 is 1.84 bits per heavy atom. The molecule has 0 aliphatic carbocycles. The highest BCUT2D eigenvalue weighted by molar-refractivity contribution is 4.93. The number of nitrogens with two attached hydrogens (primary N) is 1. The van der Waals surface area contributed by atoms with Gasteiger partial charge in [-0.25, -0.2) is 0 Å². The molecule has 0 saturated carbocycles. The van der Waals surface area contributed by atoms with E-state index >= 15 is 0 Å². The van der Waals surface area contributed by atoms with Crippen LogP contribution in [-0.4, -0.2) is 54.6 Å². The fourth-order valence-corrected chi connectivity index (χ4v) is 3.51. The van der Waals surface area contributed by atoms with Crippen LogP contribution in [0.5, 0.6) is 0 Å². The highest BCUT2D eigenvalue weighted by atomic mass is 15.2. The number of likely N-dealkylation sites (N-methyl/N-ethyl adjacent to an activating group) is 1. The molecule has 0 aromatic carbocycles. The van der Waals surface area contributed by atoms with Crippen molar-refractivity contribution in [2.45, 2.75) is 70.9 Å². The van der Waals surface area contributed by atoms with Crippen molar-refractivity contribution < 1.29 is 0 Å². The molecule has 0 radical (unpaired) electrons. The molecule has 3 nitrogen and oxygen atoms in total. The van der Waals surface area contributed by atoms with E-state index in [1.54, 1.807) is 0 Å². The van der Waals surface area contributed by atoms with Crippen molar-refractivity contribution in [2.75, 3.05) is 33.2 Å². The maximum Gasteiger partial charge on any atom is 0.0329 e. The summed E-state index contributed by atoms with van der Waals surface area (Å²) in [4.78, 5) is 5.20. The standard InChI is InChI=1S/C16H35N3/c1-5-8-11-16(6-2,14-17)18(4)15-9-12-19(7-3)13-10-15/h15H,5-14,17H2,1-4H3. The smallest absolute Gasteiger partial charge is 0.0329 e. The monoisotopic (exact) mass is 269 g/mol. The van der Waals surface area contributed by atoms with Crippen molar-refractivity contribution in [3.63, 3.8) is 0 Å². The van der Waals surface area contributed by atoms with E-state index in [0.717, 1.165) is 12.6 Å². The van der Waals surface area contributed by atoms with Gasteiger partial charge in [-0.15, -0.1) is 0 Å². The first-order chi connectivity index (χ1) is 9.13. The first-order valence-corrected chi connectivity index (χ1v) is 8.28. The largest absolute Gasteiger partial charge is 0.329 e. The molecule has 0 spiro atoms. The zero-order valence-electron chi connectivity index (χ0n) is 13.6. The topological polar surface area (TPSA) is 32.5 Å². The number of unbranched alkanes of at least 4 members (excludes halogenated alkanes) is 1. The number of piperidine rings is 1. The van der Waals surface area contributed by atoms with E-state index in [4.69, 9.17) is 5.73 Å². The van der Waals surface area contributed by atoms with Crippen molar-refractivity contribution in [3.05, 3.63) is 0 Å². The Morgan fingerprint density at radius 1 is 1.21 bits per heavy atom. The Hall–Kier alpha value is -0.120. The third-order valence-electron chi connectivity index (χ3n) is 5.33. The molecule has 1 aliphatic heterocycles. The second kappa shape index (κ2) is 8.23. The second-order valence-corrected chi connectivity index (χ2v) is 6.16. The molecule has 3 heteroatoms. The normalized spacial score (nSPS) is 21.8. The van der Waals surface area contributed by atoms with Crippen molar-refractivity contribution in [2.24, 2.45) is 5.73 Å². The molecule has 0 bridgehead atoms. The molecule has 1 heterocycles. The molecule has 1 fully saturated rings. The summed E-state index contributed by atoms with van der Waals surface area (Å²) < 4.78 is 0. The van der Waals surface area contributed by atoms with Crippen molar-refractivity contribution in [3.8, 4) is 0 Å². The van der Waals surface area contributed by atoms with Crippen LogP contribution in [0.15, 0.2) is 0 Å². The van der Waals surface area contributed by atoms with Crippen LogP contribution in [0.4, 0.5) is 0 Å². The summed E-state index contributed by atoms with van der Waals surface area (Å²) in [5.74, 6) is 0. The Bertz CT molecular complexity index is 230. The lowest BCUT2D eigenvalue weighted by molar-refractivity contribution is 0.0298. The number of rotatable bonds is 8. The summed E-state index contributed by atoms with van der Waals surface area (Å²) in [6, 6.07) is 0.725.